The Morgan fingerprint density at radius 3 is 1.69 bits per heavy atom. The van der Waals surface area contributed by atoms with E-state index in [2.05, 4.69) is 203 Å². The second-order valence-corrected chi connectivity index (χ2v) is 15.6. The maximum absolute atomic E-state index is 2.50. The van der Waals surface area contributed by atoms with Crippen LogP contribution in [-0.2, 0) is 0 Å². The van der Waals surface area contributed by atoms with Gasteiger partial charge in [-0.3, -0.25) is 0 Å². The number of nitrogens with zero attached hydrogens (tertiary/aromatic N) is 2. The first-order valence-electron chi connectivity index (χ1n) is 18.8. The minimum Gasteiger partial charge on any atom is -0.309 e. The van der Waals surface area contributed by atoms with Gasteiger partial charge in [-0.25, -0.2) is 0 Å². The maximum atomic E-state index is 2.50. The minimum absolute atomic E-state index is 1.18. The SMILES string of the molecule is c1ccc(-c2ccccc2-n2c3ccccc3c3cc(-c4ccc5c(c4)c4cc6ccccc6cc4n5-c4cccc5sc6ccccc6c45)ccc32)cc1. The molecule has 0 amide bonds. The summed E-state index contributed by atoms with van der Waals surface area (Å²) in [6.07, 6.45) is 0. The van der Waals surface area contributed by atoms with Gasteiger partial charge in [0.25, 0.3) is 0 Å². The van der Waals surface area contributed by atoms with Gasteiger partial charge in [-0.1, -0.05) is 127 Å². The minimum atomic E-state index is 1.18. The monoisotopic (exact) mass is 716 g/mol. The van der Waals surface area contributed by atoms with E-state index >= 15 is 0 Å². The van der Waals surface area contributed by atoms with Crippen LogP contribution in [0.5, 0.6) is 0 Å². The Hall–Kier alpha value is -6.94. The van der Waals surface area contributed by atoms with Gasteiger partial charge >= 0.3 is 0 Å². The van der Waals surface area contributed by atoms with Crippen molar-refractivity contribution in [3.05, 3.63) is 194 Å². The van der Waals surface area contributed by atoms with Crippen molar-refractivity contribution in [2.45, 2.75) is 0 Å². The van der Waals surface area contributed by atoms with Crippen molar-refractivity contribution in [2.24, 2.45) is 0 Å². The molecule has 0 aliphatic rings. The van der Waals surface area contributed by atoms with E-state index in [1.54, 1.807) is 0 Å². The molecule has 3 aromatic heterocycles. The van der Waals surface area contributed by atoms with E-state index in [-0.39, 0.29) is 0 Å². The van der Waals surface area contributed by atoms with Crippen LogP contribution in [0.3, 0.4) is 0 Å². The van der Waals surface area contributed by atoms with Crippen LogP contribution in [0.2, 0.25) is 0 Å². The molecule has 0 saturated carbocycles. The molecule has 55 heavy (non-hydrogen) atoms. The summed E-state index contributed by atoms with van der Waals surface area (Å²) in [5, 5.41) is 10.2. The van der Waals surface area contributed by atoms with Crippen molar-refractivity contribution in [1.29, 1.82) is 0 Å². The van der Waals surface area contributed by atoms with Crippen molar-refractivity contribution in [3.8, 4) is 33.6 Å². The van der Waals surface area contributed by atoms with Crippen LogP contribution < -0.4 is 0 Å². The van der Waals surface area contributed by atoms with Gasteiger partial charge in [-0.2, -0.15) is 0 Å². The molecule has 0 aliphatic heterocycles. The number of rotatable bonds is 4. The standard InChI is InChI=1S/C52H32N2S/c1-2-13-33(14-3-1)38-17-6-9-20-44(38)53-45-21-10-7-18-39(45)41-30-36(25-27-46(41)53)37-26-28-47-42(31-37)43-29-34-15-4-5-16-35(34)32-49(43)54(47)48-22-12-24-51-52(48)40-19-8-11-23-50(40)55-51/h1-32H. The fourth-order valence-corrected chi connectivity index (χ4v) is 10.2. The molecule has 0 bridgehead atoms. The van der Waals surface area contributed by atoms with Crippen LogP contribution in [0.1, 0.15) is 0 Å². The highest BCUT2D eigenvalue weighted by Crippen LogP contribution is 2.43. The lowest BCUT2D eigenvalue weighted by Crippen LogP contribution is -1.97. The van der Waals surface area contributed by atoms with Crippen LogP contribution in [0.25, 0.3) is 108 Å². The zero-order valence-corrected chi connectivity index (χ0v) is 30.6. The van der Waals surface area contributed by atoms with Crippen molar-refractivity contribution in [1.82, 2.24) is 9.13 Å². The predicted octanol–water partition coefficient (Wildman–Crippen LogP) is 14.7. The number of benzene rings is 9. The molecule has 12 aromatic rings. The molecule has 0 N–H and O–H groups in total. The number of aromatic nitrogens is 2. The molecule has 2 nitrogen and oxygen atoms in total. The first kappa shape index (κ1) is 30.5. The van der Waals surface area contributed by atoms with Gasteiger partial charge < -0.3 is 9.13 Å². The van der Waals surface area contributed by atoms with E-state index in [0.29, 0.717) is 0 Å². The first-order chi connectivity index (χ1) is 27.3. The maximum Gasteiger partial charge on any atom is 0.0555 e. The second-order valence-electron chi connectivity index (χ2n) is 14.5. The average Bonchev–Trinajstić information content (AvgIpc) is 3.90. The van der Waals surface area contributed by atoms with E-state index in [4.69, 9.17) is 0 Å². The summed E-state index contributed by atoms with van der Waals surface area (Å²) in [5.74, 6) is 0. The highest BCUT2D eigenvalue weighted by molar-refractivity contribution is 7.25. The van der Waals surface area contributed by atoms with Crippen molar-refractivity contribution < 1.29 is 0 Å². The molecule has 0 atom stereocenters. The van der Waals surface area contributed by atoms with Gasteiger partial charge in [-0.05, 0) is 94.2 Å². The van der Waals surface area contributed by atoms with E-state index in [0.717, 1.165) is 0 Å². The molecule has 3 heteroatoms. The summed E-state index contributed by atoms with van der Waals surface area (Å²) >= 11 is 1.87. The Balaban J connectivity index is 1.10. The van der Waals surface area contributed by atoms with E-state index < -0.39 is 0 Å². The van der Waals surface area contributed by atoms with Crippen LogP contribution in [0.4, 0.5) is 0 Å². The normalized spacial score (nSPS) is 12.0. The molecular weight excluding hydrogens is 685 g/mol. The van der Waals surface area contributed by atoms with Gasteiger partial charge in [0.15, 0.2) is 0 Å². The lowest BCUT2D eigenvalue weighted by Gasteiger charge is -2.14. The van der Waals surface area contributed by atoms with Gasteiger partial charge in [0.2, 0.25) is 0 Å². The van der Waals surface area contributed by atoms with Gasteiger partial charge in [0, 0.05) is 47.3 Å². The van der Waals surface area contributed by atoms with Crippen LogP contribution in [0, 0.1) is 0 Å². The Labute approximate surface area is 321 Å². The van der Waals surface area contributed by atoms with Crippen molar-refractivity contribution in [3.63, 3.8) is 0 Å². The molecule has 0 radical (unpaired) electrons. The zero-order chi connectivity index (χ0) is 36.0. The Bertz CT molecular complexity index is 3490. The summed E-state index contributed by atoms with van der Waals surface area (Å²) in [6, 6.07) is 71.5. The van der Waals surface area contributed by atoms with E-state index in [1.807, 2.05) is 11.3 Å². The molecule has 3 heterocycles. The smallest absolute Gasteiger partial charge is 0.0555 e. The van der Waals surface area contributed by atoms with E-state index in [1.165, 1.54) is 108 Å². The second kappa shape index (κ2) is 11.8. The number of thiophene rings is 1. The van der Waals surface area contributed by atoms with Crippen LogP contribution in [0.15, 0.2) is 194 Å². The third kappa shape index (κ3) is 4.54. The molecule has 0 saturated heterocycles. The molecule has 0 spiro atoms. The summed E-state index contributed by atoms with van der Waals surface area (Å²) in [7, 11) is 0. The van der Waals surface area contributed by atoms with Crippen molar-refractivity contribution in [2.75, 3.05) is 0 Å². The first-order valence-corrected chi connectivity index (χ1v) is 19.7. The Morgan fingerprint density at radius 2 is 0.873 bits per heavy atom. The van der Waals surface area contributed by atoms with Crippen LogP contribution >= 0.6 is 11.3 Å². The number of hydrogen-bond acceptors (Lipinski definition) is 1. The zero-order valence-electron chi connectivity index (χ0n) is 29.8. The summed E-state index contributed by atoms with van der Waals surface area (Å²) in [4.78, 5) is 0. The summed E-state index contributed by atoms with van der Waals surface area (Å²) < 4.78 is 7.57. The average molecular weight is 717 g/mol. The molecule has 0 fully saturated rings. The molecular formula is C52H32N2S. The lowest BCUT2D eigenvalue weighted by molar-refractivity contribution is 1.18. The van der Waals surface area contributed by atoms with Gasteiger partial charge in [-0.15, -0.1) is 11.3 Å². The third-order valence-electron chi connectivity index (χ3n) is 11.5. The van der Waals surface area contributed by atoms with Crippen LogP contribution in [-0.4, -0.2) is 9.13 Å². The Kier molecular flexibility index (Phi) is 6.54. The quantitative estimate of drug-likeness (QED) is 0.172. The fraction of sp³-hybridized carbons (Fsp3) is 0. The van der Waals surface area contributed by atoms with Gasteiger partial charge in [0.1, 0.15) is 0 Å². The van der Waals surface area contributed by atoms with Crippen molar-refractivity contribution >= 4 is 85.9 Å². The number of fused-ring (bicyclic) bond motifs is 10. The molecule has 9 aromatic carbocycles. The summed E-state index contributed by atoms with van der Waals surface area (Å²) in [5.41, 5.74) is 12.1. The lowest BCUT2D eigenvalue weighted by atomic mass is 10.00. The highest BCUT2D eigenvalue weighted by atomic mass is 32.1. The number of para-hydroxylation sites is 2. The van der Waals surface area contributed by atoms with Gasteiger partial charge in [0.05, 0.1) is 33.4 Å². The third-order valence-corrected chi connectivity index (χ3v) is 12.6. The fourth-order valence-electron chi connectivity index (χ4n) is 9.03. The number of hydrogen-bond donors (Lipinski definition) is 0. The topological polar surface area (TPSA) is 9.86 Å². The molecule has 0 aliphatic carbocycles. The summed E-state index contributed by atoms with van der Waals surface area (Å²) in [6.45, 7) is 0. The molecule has 12 rings (SSSR count). The highest BCUT2D eigenvalue weighted by Gasteiger charge is 2.20. The van der Waals surface area contributed by atoms with E-state index in [9.17, 15) is 0 Å². The molecule has 0 unspecified atom stereocenters. The predicted molar refractivity (Wildman–Crippen MR) is 236 cm³/mol. The largest absolute Gasteiger partial charge is 0.309 e. The Morgan fingerprint density at radius 1 is 0.309 bits per heavy atom. The molecule has 256 valence electrons.